The Balaban J connectivity index is 1.86. The second-order valence-electron chi connectivity index (χ2n) is 5.74. The first-order valence-electron chi connectivity index (χ1n) is 8.12. The lowest BCUT2D eigenvalue weighted by Crippen LogP contribution is -2.28. The largest absolute Gasteiger partial charge is 0.340 e. The highest BCUT2D eigenvalue weighted by molar-refractivity contribution is 7.16. The number of carbonyl (C=O) groups is 2. The molecule has 25 heavy (non-hydrogen) atoms. The fraction of sp³-hybridized carbons (Fsp3) is 0.200. The zero-order chi connectivity index (χ0) is 17.8. The highest BCUT2D eigenvalue weighted by atomic mass is 32.1. The summed E-state index contributed by atoms with van der Waals surface area (Å²) >= 11 is 2.85. The van der Waals surface area contributed by atoms with Crippen LogP contribution in [0, 0.1) is 0 Å². The van der Waals surface area contributed by atoms with E-state index in [1.807, 2.05) is 17.5 Å². The first-order valence-corrected chi connectivity index (χ1v) is 9.82. The van der Waals surface area contributed by atoms with Gasteiger partial charge in [0, 0.05) is 4.88 Å². The zero-order valence-electron chi connectivity index (χ0n) is 14.1. The Bertz CT molecular complexity index is 864. The van der Waals surface area contributed by atoms with Crippen molar-refractivity contribution in [2.45, 2.75) is 26.3 Å². The number of nitrogens with one attached hydrogen (secondary N) is 1. The summed E-state index contributed by atoms with van der Waals surface area (Å²) in [5, 5.41) is 5.12. The van der Waals surface area contributed by atoms with Crippen molar-refractivity contribution < 1.29 is 9.59 Å². The Labute approximate surface area is 155 Å². The standard InChI is InChI=1S/C20H19NO2S2/c1-3-14-6-8-15(9-7-14)19(17-5-4-12-24-17)21-20(23)18-11-10-16(25-18)13(2)22/h4-12,19H,3H2,1-2H3,(H,21,23)/t19-/m0/s1. The Morgan fingerprint density at radius 3 is 2.32 bits per heavy atom. The average molecular weight is 370 g/mol. The number of hydrogen-bond donors (Lipinski definition) is 1. The van der Waals surface area contributed by atoms with Crippen molar-refractivity contribution >= 4 is 34.4 Å². The molecule has 3 aromatic rings. The molecule has 0 saturated carbocycles. The van der Waals surface area contributed by atoms with E-state index in [1.165, 1.54) is 23.8 Å². The van der Waals surface area contributed by atoms with E-state index in [2.05, 4.69) is 36.5 Å². The molecule has 0 aliphatic rings. The van der Waals surface area contributed by atoms with Gasteiger partial charge in [-0.15, -0.1) is 22.7 Å². The monoisotopic (exact) mass is 369 g/mol. The van der Waals surface area contributed by atoms with Crippen LogP contribution in [0.5, 0.6) is 0 Å². The molecule has 128 valence electrons. The first kappa shape index (κ1) is 17.6. The maximum absolute atomic E-state index is 12.7. The van der Waals surface area contributed by atoms with Gasteiger partial charge in [-0.25, -0.2) is 0 Å². The zero-order valence-corrected chi connectivity index (χ0v) is 15.7. The van der Waals surface area contributed by atoms with Crippen LogP contribution in [-0.2, 0) is 6.42 Å². The van der Waals surface area contributed by atoms with Gasteiger partial charge in [-0.1, -0.05) is 37.3 Å². The number of carbonyl (C=O) groups excluding carboxylic acids is 2. The molecule has 0 fully saturated rings. The van der Waals surface area contributed by atoms with Crippen molar-refractivity contribution in [1.29, 1.82) is 0 Å². The van der Waals surface area contributed by atoms with Gasteiger partial charge in [0.05, 0.1) is 15.8 Å². The number of aryl methyl sites for hydroxylation is 1. The predicted molar refractivity (Wildman–Crippen MR) is 104 cm³/mol. The summed E-state index contributed by atoms with van der Waals surface area (Å²) in [6, 6.07) is 15.6. The Kier molecular flexibility index (Phi) is 5.46. The first-order chi connectivity index (χ1) is 12.1. The molecule has 0 spiro atoms. The van der Waals surface area contributed by atoms with E-state index in [4.69, 9.17) is 0 Å². The number of amides is 1. The van der Waals surface area contributed by atoms with Gasteiger partial charge in [0.2, 0.25) is 0 Å². The lowest BCUT2D eigenvalue weighted by Gasteiger charge is -2.18. The summed E-state index contributed by atoms with van der Waals surface area (Å²) in [6.07, 6.45) is 0.985. The van der Waals surface area contributed by atoms with Crippen LogP contribution in [0.2, 0.25) is 0 Å². The number of hydrogen-bond acceptors (Lipinski definition) is 4. The molecule has 2 aromatic heterocycles. The molecule has 0 aliphatic carbocycles. The average Bonchev–Trinajstić information content (AvgIpc) is 3.31. The van der Waals surface area contributed by atoms with Gasteiger partial charge in [-0.2, -0.15) is 0 Å². The van der Waals surface area contributed by atoms with Gasteiger partial charge >= 0.3 is 0 Å². The van der Waals surface area contributed by atoms with E-state index >= 15 is 0 Å². The third-order valence-corrected chi connectivity index (χ3v) is 6.12. The molecule has 0 aliphatic heterocycles. The molecule has 1 N–H and O–H groups in total. The fourth-order valence-corrected chi connectivity index (χ4v) is 4.18. The molecular formula is C20H19NO2S2. The lowest BCUT2D eigenvalue weighted by molar-refractivity contribution is 0.0947. The van der Waals surface area contributed by atoms with E-state index in [0.717, 1.165) is 16.9 Å². The molecule has 3 rings (SSSR count). The number of ketones is 1. The lowest BCUT2D eigenvalue weighted by atomic mass is 10.0. The third kappa shape index (κ3) is 4.06. The molecule has 1 atom stereocenters. The van der Waals surface area contributed by atoms with E-state index < -0.39 is 0 Å². The maximum Gasteiger partial charge on any atom is 0.262 e. The number of rotatable bonds is 6. The number of benzene rings is 1. The van der Waals surface area contributed by atoms with Crippen molar-refractivity contribution in [3.8, 4) is 0 Å². The van der Waals surface area contributed by atoms with Gasteiger partial charge in [0.25, 0.3) is 5.91 Å². The van der Waals surface area contributed by atoms with Crippen molar-refractivity contribution in [3.63, 3.8) is 0 Å². The van der Waals surface area contributed by atoms with Crippen molar-refractivity contribution in [2.75, 3.05) is 0 Å². The summed E-state index contributed by atoms with van der Waals surface area (Å²) in [5.74, 6) is -0.176. The van der Waals surface area contributed by atoms with Gasteiger partial charge in [-0.3, -0.25) is 9.59 Å². The van der Waals surface area contributed by atoms with Crippen LogP contribution in [0.25, 0.3) is 0 Å². The van der Waals surface area contributed by atoms with Gasteiger partial charge in [0.15, 0.2) is 5.78 Å². The Morgan fingerprint density at radius 2 is 1.76 bits per heavy atom. The molecule has 0 saturated heterocycles. The second-order valence-corrected chi connectivity index (χ2v) is 7.80. The molecular weight excluding hydrogens is 350 g/mol. The minimum atomic E-state index is -0.193. The van der Waals surface area contributed by atoms with Crippen LogP contribution in [-0.4, -0.2) is 11.7 Å². The molecule has 3 nitrogen and oxygen atoms in total. The summed E-state index contributed by atoms with van der Waals surface area (Å²) in [5.41, 5.74) is 2.32. The van der Waals surface area contributed by atoms with E-state index in [1.54, 1.807) is 23.5 Å². The van der Waals surface area contributed by atoms with Gasteiger partial charge < -0.3 is 5.32 Å². The fourth-order valence-electron chi connectivity index (χ4n) is 2.57. The number of Topliss-reactive ketones (excluding diaryl/α,β-unsaturated/α-hetero) is 1. The van der Waals surface area contributed by atoms with Crippen molar-refractivity contribution in [3.05, 3.63) is 79.7 Å². The minimum absolute atomic E-state index is 0.0194. The molecule has 0 unspecified atom stereocenters. The number of thiophene rings is 2. The molecule has 1 aromatic carbocycles. The van der Waals surface area contributed by atoms with Crippen LogP contribution in [0.4, 0.5) is 0 Å². The smallest absolute Gasteiger partial charge is 0.262 e. The van der Waals surface area contributed by atoms with Crippen molar-refractivity contribution in [2.24, 2.45) is 0 Å². The Hall–Kier alpha value is -2.24. The summed E-state index contributed by atoms with van der Waals surface area (Å²) in [4.78, 5) is 26.4. The van der Waals surface area contributed by atoms with Crippen LogP contribution in [0.1, 0.15) is 55.2 Å². The SMILES string of the molecule is CCc1ccc([C@H](NC(=O)c2ccc(C(C)=O)s2)c2cccs2)cc1. The topological polar surface area (TPSA) is 46.2 Å². The quantitative estimate of drug-likeness (QED) is 0.615. The second kappa shape index (κ2) is 7.76. The molecule has 2 heterocycles. The molecule has 0 bridgehead atoms. The highest BCUT2D eigenvalue weighted by Gasteiger charge is 2.20. The van der Waals surface area contributed by atoms with Gasteiger partial charge in [0.1, 0.15) is 0 Å². The van der Waals surface area contributed by atoms with E-state index in [0.29, 0.717) is 9.75 Å². The Morgan fingerprint density at radius 1 is 1.04 bits per heavy atom. The maximum atomic E-state index is 12.7. The van der Waals surface area contributed by atoms with Crippen LogP contribution < -0.4 is 5.32 Å². The van der Waals surface area contributed by atoms with Crippen LogP contribution in [0.3, 0.4) is 0 Å². The highest BCUT2D eigenvalue weighted by Crippen LogP contribution is 2.27. The third-order valence-electron chi connectivity index (χ3n) is 4.00. The summed E-state index contributed by atoms with van der Waals surface area (Å²) < 4.78 is 0. The molecule has 0 radical (unpaired) electrons. The molecule has 5 heteroatoms. The molecule has 1 amide bonds. The summed E-state index contributed by atoms with van der Waals surface area (Å²) in [7, 11) is 0. The van der Waals surface area contributed by atoms with Crippen LogP contribution >= 0.6 is 22.7 Å². The summed E-state index contributed by atoms with van der Waals surface area (Å²) in [6.45, 7) is 3.63. The minimum Gasteiger partial charge on any atom is -0.340 e. The van der Waals surface area contributed by atoms with E-state index in [-0.39, 0.29) is 17.7 Å². The normalized spacial score (nSPS) is 11.9. The van der Waals surface area contributed by atoms with Crippen LogP contribution in [0.15, 0.2) is 53.9 Å². The van der Waals surface area contributed by atoms with E-state index in [9.17, 15) is 9.59 Å². The predicted octanol–water partition coefficient (Wildman–Crippen LogP) is 5.09. The van der Waals surface area contributed by atoms with Gasteiger partial charge in [-0.05, 0) is 48.1 Å². The van der Waals surface area contributed by atoms with Crippen molar-refractivity contribution in [1.82, 2.24) is 5.32 Å².